The molecule has 0 saturated carbocycles. The number of hydrogen-bond acceptors (Lipinski definition) is 4. The van der Waals surface area contributed by atoms with Gasteiger partial charge in [-0.05, 0) is 55.1 Å². The first kappa shape index (κ1) is 31.4. The summed E-state index contributed by atoms with van der Waals surface area (Å²) in [5.41, 5.74) is -2.32. The average Bonchev–Trinajstić information content (AvgIpc) is 2.90. The molecular weight excluding hydrogens is 542 g/mol. The predicted octanol–water partition coefficient (Wildman–Crippen LogP) is 5.72. The Hall–Kier alpha value is -3.12. The van der Waals surface area contributed by atoms with Crippen LogP contribution in [0.15, 0.2) is 48.5 Å². The largest absolute Gasteiger partial charge is 0.481 e. The smallest absolute Gasteiger partial charge is 0.416 e. The summed E-state index contributed by atoms with van der Waals surface area (Å²) >= 11 is 0. The van der Waals surface area contributed by atoms with Crippen LogP contribution in [0, 0.1) is 5.92 Å². The zero-order valence-electron chi connectivity index (χ0n) is 21.9. The van der Waals surface area contributed by atoms with E-state index < -0.39 is 47.9 Å². The maximum absolute atomic E-state index is 13.2. The molecule has 3 rings (SSSR count). The third-order valence-electron chi connectivity index (χ3n) is 7.06. The first-order chi connectivity index (χ1) is 18.8. The van der Waals surface area contributed by atoms with Crippen LogP contribution in [0.2, 0.25) is 0 Å². The van der Waals surface area contributed by atoms with Gasteiger partial charge in [-0.2, -0.15) is 26.3 Å². The summed E-state index contributed by atoms with van der Waals surface area (Å²) in [5.74, 6) is -1.97. The number of benzene rings is 2. The molecule has 6 nitrogen and oxygen atoms in total. The monoisotopic (exact) mass is 574 g/mol. The van der Waals surface area contributed by atoms with E-state index in [-0.39, 0.29) is 43.3 Å². The fourth-order valence-corrected chi connectivity index (χ4v) is 4.85. The number of amides is 1. The molecule has 220 valence electrons. The molecule has 12 heteroatoms. The van der Waals surface area contributed by atoms with Crippen LogP contribution in [0.25, 0.3) is 0 Å². The van der Waals surface area contributed by atoms with E-state index in [4.69, 9.17) is 4.74 Å². The Kier molecular flexibility index (Phi) is 10.6. The highest BCUT2D eigenvalue weighted by atomic mass is 19.4. The van der Waals surface area contributed by atoms with Gasteiger partial charge in [0.2, 0.25) is 5.91 Å². The topological polar surface area (TPSA) is 78.9 Å². The van der Waals surface area contributed by atoms with E-state index in [1.54, 1.807) is 30.3 Å². The van der Waals surface area contributed by atoms with Gasteiger partial charge in [0.05, 0.1) is 36.8 Å². The van der Waals surface area contributed by atoms with Crippen LogP contribution in [0.1, 0.15) is 54.4 Å². The number of aliphatic carboxylic acids is 1. The molecule has 3 atom stereocenters. The summed E-state index contributed by atoms with van der Waals surface area (Å²) in [6.45, 7) is 2.07. The standard InChI is InChI=1S/C28H32F6N2O4/c1-2-24-12-20(26(38)39)8-9-36(24)15-25(37)35-14-21(19-6-4-3-5-7-19)17-40-16-18-10-22(27(29,30)31)13-23(11-18)28(32,33)34/h3-7,10-11,13,20-21,24H,2,8-9,12,14-17H2,1H3,(H,35,37)(H,38,39). The molecule has 0 aromatic heterocycles. The van der Waals surface area contributed by atoms with Crippen molar-refractivity contribution < 1.29 is 45.8 Å². The number of halogens is 6. The van der Waals surface area contributed by atoms with Gasteiger partial charge in [-0.25, -0.2) is 0 Å². The van der Waals surface area contributed by atoms with Gasteiger partial charge in [0.25, 0.3) is 0 Å². The molecule has 1 aliphatic heterocycles. The first-order valence-corrected chi connectivity index (χ1v) is 12.9. The highest BCUT2D eigenvalue weighted by Crippen LogP contribution is 2.36. The van der Waals surface area contributed by atoms with Crippen molar-refractivity contribution in [1.29, 1.82) is 0 Å². The van der Waals surface area contributed by atoms with Gasteiger partial charge in [0.1, 0.15) is 0 Å². The number of hydrogen-bond donors (Lipinski definition) is 2. The Morgan fingerprint density at radius 3 is 2.23 bits per heavy atom. The molecule has 2 aromatic carbocycles. The zero-order valence-corrected chi connectivity index (χ0v) is 21.9. The Balaban J connectivity index is 1.63. The molecule has 1 amide bonds. The molecule has 1 fully saturated rings. The van der Waals surface area contributed by atoms with Crippen LogP contribution in [-0.4, -0.2) is 54.2 Å². The summed E-state index contributed by atoms with van der Waals surface area (Å²) in [4.78, 5) is 26.1. The van der Waals surface area contributed by atoms with Crippen molar-refractivity contribution in [3.8, 4) is 0 Å². The Bertz CT molecular complexity index is 1110. The highest BCUT2D eigenvalue weighted by Gasteiger charge is 2.37. The minimum atomic E-state index is -4.95. The Labute approximate surface area is 228 Å². The van der Waals surface area contributed by atoms with Crippen LogP contribution in [0.3, 0.4) is 0 Å². The lowest BCUT2D eigenvalue weighted by Crippen LogP contribution is -2.48. The zero-order chi connectivity index (χ0) is 29.5. The molecule has 0 spiro atoms. The van der Waals surface area contributed by atoms with Crippen molar-refractivity contribution in [2.75, 3.05) is 26.2 Å². The Morgan fingerprint density at radius 1 is 1.05 bits per heavy atom. The van der Waals surface area contributed by atoms with E-state index in [9.17, 15) is 41.0 Å². The molecule has 1 heterocycles. The number of nitrogens with zero attached hydrogens (tertiary/aromatic N) is 1. The van der Waals surface area contributed by atoms with Gasteiger partial charge in [0.15, 0.2) is 0 Å². The van der Waals surface area contributed by atoms with Crippen molar-refractivity contribution in [3.05, 3.63) is 70.8 Å². The molecule has 2 N–H and O–H groups in total. The summed E-state index contributed by atoms with van der Waals surface area (Å²) in [6, 6.07) is 10.2. The number of nitrogens with one attached hydrogen (secondary N) is 1. The number of alkyl halides is 6. The minimum Gasteiger partial charge on any atom is -0.481 e. The maximum atomic E-state index is 13.2. The molecule has 1 aliphatic rings. The number of ether oxygens (including phenoxy) is 1. The first-order valence-electron chi connectivity index (χ1n) is 12.9. The van der Waals surface area contributed by atoms with Crippen LogP contribution in [0.5, 0.6) is 0 Å². The van der Waals surface area contributed by atoms with E-state index in [1.807, 2.05) is 11.8 Å². The summed E-state index contributed by atoms with van der Waals surface area (Å²) in [6.07, 6.45) is -8.29. The number of carboxylic acid groups (broad SMARTS) is 1. The van der Waals surface area contributed by atoms with Crippen molar-refractivity contribution in [1.82, 2.24) is 10.2 Å². The molecule has 0 aliphatic carbocycles. The molecule has 40 heavy (non-hydrogen) atoms. The van der Waals surface area contributed by atoms with Crippen molar-refractivity contribution in [2.45, 2.75) is 57.1 Å². The highest BCUT2D eigenvalue weighted by molar-refractivity contribution is 5.78. The predicted molar refractivity (Wildman–Crippen MR) is 134 cm³/mol. The quantitative estimate of drug-likeness (QED) is 0.336. The number of carbonyl (C=O) groups is 2. The minimum absolute atomic E-state index is 0.0390. The number of likely N-dealkylation sites (tertiary alicyclic amines) is 1. The van der Waals surface area contributed by atoms with Crippen molar-refractivity contribution >= 4 is 11.9 Å². The second-order valence-electron chi connectivity index (χ2n) is 9.93. The van der Waals surface area contributed by atoms with E-state index in [0.717, 1.165) is 5.56 Å². The summed E-state index contributed by atoms with van der Waals surface area (Å²) in [7, 11) is 0. The lowest BCUT2D eigenvalue weighted by atomic mass is 9.89. The molecular formula is C28H32F6N2O4. The molecule has 0 radical (unpaired) electrons. The van der Waals surface area contributed by atoms with Crippen LogP contribution in [0.4, 0.5) is 26.3 Å². The maximum Gasteiger partial charge on any atom is 0.416 e. The SMILES string of the molecule is CCC1CC(C(=O)O)CCN1CC(=O)NCC(COCc1cc(C(F)(F)F)cc(C(F)(F)F)c1)c1ccccc1. The van der Waals surface area contributed by atoms with Gasteiger partial charge >= 0.3 is 18.3 Å². The number of piperidine rings is 1. The van der Waals surface area contributed by atoms with Gasteiger partial charge < -0.3 is 15.2 Å². The lowest BCUT2D eigenvalue weighted by molar-refractivity contribution is -0.145. The van der Waals surface area contributed by atoms with E-state index in [0.29, 0.717) is 37.9 Å². The summed E-state index contributed by atoms with van der Waals surface area (Å²) < 4.78 is 84.6. The van der Waals surface area contributed by atoms with E-state index >= 15 is 0 Å². The second-order valence-corrected chi connectivity index (χ2v) is 9.93. The van der Waals surface area contributed by atoms with Crippen LogP contribution >= 0.6 is 0 Å². The third kappa shape index (κ3) is 8.95. The number of rotatable bonds is 11. The average molecular weight is 575 g/mol. The van der Waals surface area contributed by atoms with Gasteiger partial charge in [-0.15, -0.1) is 0 Å². The van der Waals surface area contributed by atoms with Crippen molar-refractivity contribution in [3.63, 3.8) is 0 Å². The second kappa shape index (κ2) is 13.5. The van der Waals surface area contributed by atoms with Gasteiger partial charge in [-0.3, -0.25) is 14.5 Å². The molecule has 1 saturated heterocycles. The van der Waals surface area contributed by atoms with E-state index in [1.165, 1.54) is 0 Å². The fourth-order valence-electron chi connectivity index (χ4n) is 4.85. The fraction of sp³-hybridized carbons (Fsp3) is 0.500. The Morgan fingerprint density at radius 2 is 1.68 bits per heavy atom. The normalized spacial score (nSPS) is 19.3. The lowest BCUT2D eigenvalue weighted by Gasteiger charge is -2.37. The van der Waals surface area contributed by atoms with Crippen LogP contribution < -0.4 is 5.32 Å². The third-order valence-corrected chi connectivity index (χ3v) is 7.06. The number of carbonyl (C=O) groups excluding carboxylic acids is 1. The summed E-state index contributed by atoms with van der Waals surface area (Å²) in [5, 5.41) is 12.1. The van der Waals surface area contributed by atoms with Crippen molar-refractivity contribution in [2.24, 2.45) is 5.92 Å². The van der Waals surface area contributed by atoms with Crippen LogP contribution in [-0.2, 0) is 33.3 Å². The van der Waals surface area contributed by atoms with Gasteiger partial charge in [0, 0.05) is 18.5 Å². The number of carboxylic acids is 1. The molecule has 3 unspecified atom stereocenters. The molecule has 2 aromatic rings. The van der Waals surface area contributed by atoms with Gasteiger partial charge in [-0.1, -0.05) is 37.3 Å². The van der Waals surface area contributed by atoms with E-state index in [2.05, 4.69) is 5.32 Å². The molecule has 0 bridgehead atoms.